The fraction of sp³-hybridized carbons (Fsp3) is 0.929. The number of amides is 1. The summed E-state index contributed by atoms with van der Waals surface area (Å²) in [5.41, 5.74) is 0. The normalized spacial score (nSPS) is 29.0. The van der Waals surface area contributed by atoms with Gasteiger partial charge in [0.15, 0.2) is 0 Å². The topological polar surface area (TPSA) is 41.1 Å². The molecule has 2 saturated carbocycles. The van der Waals surface area contributed by atoms with E-state index in [0.717, 1.165) is 12.5 Å². The summed E-state index contributed by atoms with van der Waals surface area (Å²) in [6.07, 6.45) is 9.65. The lowest BCUT2D eigenvalue weighted by Gasteiger charge is -2.28. The van der Waals surface area contributed by atoms with Crippen molar-refractivity contribution < 1.29 is 4.79 Å². The maximum Gasteiger partial charge on any atom is 0.221 e. The van der Waals surface area contributed by atoms with Crippen molar-refractivity contribution in [1.82, 2.24) is 10.6 Å². The molecule has 2 rings (SSSR count). The molecule has 0 aromatic rings. The minimum Gasteiger partial charge on any atom is -0.353 e. The van der Waals surface area contributed by atoms with E-state index in [2.05, 4.69) is 17.6 Å². The first kappa shape index (κ1) is 12.9. The SMILES string of the molecule is CCC1CCC(NCCC(=O)NC2CC2)CC1. The van der Waals surface area contributed by atoms with E-state index in [1.807, 2.05) is 0 Å². The van der Waals surface area contributed by atoms with Gasteiger partial charge in [-0.1, -0.05) is 13.3 Å². The fourth-order valence-corrected chi connectivity index (χ4v) is 2.69. The van der Waals surface area contributed by atoms with Gasteiger partial charge in [0, 0.05) is 25.0 Å². The van der Waals surface area contributed by atoms with Crippen LogP contribution in [0, 0.1) is 5.92 Å². The maximum absolute atomic E-state index is 11.5. The van der Waals surface area contributed by atoms with E-state index < -0.39 is 0 Å². The Morgan fingerprint density at radius 1 is 1.06 bits per heavy atom. The molecule has 0 aliphatic heterocycles. The highest BCUT2D eigenvalue weighted by molar-refractivity contribution is 5.76. The molecule has 17 heavy (non-hydrogen) atoms. The lowest BCUT2D eigenvalue weighted by atomic mass is 9.84. The van der Waals surface area contributed by atoms with Crippen LogP contribution in [0.1, 0.15) is 58.3 Å². The van der Waals surface area contributed by atoms with Gasteiger partial charge < -0.3 is 10.6 Å². The molecule has 0 atom stereocenters. The van der Waals surface area contributed by atoms with Crippen LogP contribution < -0.4 is 10.6 Å². The highest BCUT2D eigenvalue weighted by Crippen LogP contribution is 2.26. The van der Waals surface area contributed by atoms with E-state index in [0.29, 0.717) is 18.5 Å². The molecule has 0 unspecified atom stereocenters. The molecule has 0 saturated heterocycles. The smallest absolute Gasteiger partial charge is 0.221 e. The zero-order valence-electron chi connectivity index (χ0n) is 11.0. The van der Waals surface area contributed by atoms with Gasteiger partial charge in [-0.3, -0.25) is 4.79 Å². The molecule has 0 aromatic carbocycles. The quantitative estimate of drug-likeness (QED) is 0.745. The summed E-state index contributed by atoms with van der Waals surface area (Å²) in [6.45, 7) is 3.14. The second-order valence-electron chi connectivity index (χ2n) is 5.67. The standard InChI is InChI=1S/C14H26N2O/c1-2-11-3-5-12(6-4-11)15-10-9-14(17)16-13-7-8-13/h11-13,15H,2-10H2,1H3,(H,16,17). The summed E-state index contributed by atoms with van der Waals surface area (Å²) in [6, 6.07) is 1.16. The Bertz CT molecular complexity index is 243. The van der Waals surface area contributed by atoms with Gasteiger partial charge >= 0.3 is 0 Å². The summed E-state index contributed by atoms with van der Waals surface area (Å²) in [4.78, 5) is 11.5. The molecule has 2 aliphatic carbocycles. The van der Waals surface area contributed by atoms with E-state index in [9.17, 15) is 4.79 Å². The van der Waals surface area contributed by atoms with Crippen LogP contribution in [0.4, 0.5) is 0 Å². The molecule has 2 fully saturated rings. The minimum atomic E-state index is 0.224. The predicted molar refractivity (Wildman–Crippen MR) is 69.8 cm³/mol. The van der Waals surface area contributed by atoms with Gasteiger partial charge in [0.25, 0.3) is 0 Å². The van der Waals surface area contributed by atoms with Crippen LogP contribution in [0.3, 0.4) is 0 Å². The van der Waals surface area contributed by atoms with Crippen molar-refractivity contribution in [2.45, 2.75) is 70.4 Å². The third-order valence-corrected chi connectivity index (χ3v) is 4.15. The number of rotatable bonds is 6. The van der Waals surface area contributed by atoms with Gasteiger partial charge in [-0.05, 0) is 44.4 Å². The molecule has 0 heterocycles. The van der Waals surface area contributed by atoms with Crippen LogP contribution >= 0.6 is 0 Å². The van der Waals surface area contributed by atoms with Gasteiger partial charge in [-0.25, -0.2) is 0 Å². The summed E-state index contributed by atoms with van der Waals surface area (Å²) in [5.74, 6) is 1.17. The Kier molecular flexibility index (Phi) is 4.84. The first-order chi connectivity index (χ1) is 8.28. The third kappa shape index (κ3) is 4.66. The Morgan fingerprint density at radius 2 is 1.71 bits per heavy atom. The molecule has 98 valence electrons. The summed E-state index contributed by atoms with van der Waals surface area (Å²) < 4.78 is 0. The van der Waals surface area contributed by atoms with Crippen LogP contribution in [0.5, 0.6) is 0 Å². The highest BCUT2D eigenvalue weighted by Gasteiger charge is 2.23. The molecule has 3 heteroatoms. The number of hydrogen-bond donors (Lipinski definition) is 2. The highest BCUT2D eigenvalue weighted by atomic mass is 16.1. The molecular weight excluding hydrogens is 212 g/mol. The number of carbonyl (C=O) groups excluding carboxylic acids is 1. The second-order valence-corrected chi connectivity index (χ2v) is 5.67. The number of nitrogens with one attached hydrogen (secondary N) is 2. The van der Waals surface area contributed by atoms with Crippen molar-refractivity contribution in [3.05, 3.63) is 0 Å². The summed E-state index contributed by atoms with van der Waals surface area (Å²) in [7, 11) is 0. The van der Waals surface area contributed by atoms with Gasteiger partial charge in [-0.2, -0.15) is 0 Å². The van der Waals surface area contributed by atoms with Crippen LogP contribution in [0.15, 0.2) is 0 Å². The van der Waals surface area contributed by atoms with Crippen LogP contribution in [-0.4, -0.2) is 24.5 Å². The van der Waals surface area contributed by atoms with E-state index >= 15 is 0 Å². The monoisotopic (exact) mass is 238 g/mol. The van der Waals surface area contributed by atoms with Gasteiger partial charge in [0.1, 0.15) is 0 Å². The molecule has 1 amide bonds. The van der Waals surface area contributed by atoms with Gasteiger partial charge in [0.05, 0.1) is 0 Å². The Hall–Kier alpha value is -0.570. The van der Waals surface area contributed by atoms with Crippen molar-refractivity contribution >= 4 is 5.91 Å². The fourth-order valence-electron chi connectivity index (χ4n) is 2.69. The Morgan fingerprint density at radius 3 is 2.29 bits per heavy atom. The molecule has 0 radical (unpaired) electrons. The molecule has 3 nitrogen and oxygen atoms in total. The van der Waals surface area contributed by atoms with E-state index in [1.54, 1.807) is 0 Å². The third-order valence-electron chi connectivity index (χ3n) is 4.15. The molecule has 0 bridgehead atoms. The van der Waals surface area contributed by atoms with Crippen molar-refractivity contribution in [3.8, 4) is 0 Å². The van der Waals surface area contributed by atoms with Crippen molar-refractivity contribution in [2.75, 3.05) is 6.54 Å². The lowest BCUT2D eigenvalue weighted by molar-refractivity contribution is -0.121. The zero-order chi connectivity index (χ0) is 12.1. The Labute approximate surface area is 105 Å². The maximum atomic E-state index is 11.5. The van der Waals surface area contributed by atoms with E-state index in [-0.39, 0.29) is 5.91 Å². The largest absolute Gasteiger partial charge is 0.353 e. The van der Waals surface area contributed by atoms with Crippen molar-refractivity contribution in [1.29, 1.82) is 0 Å². The first-order valence-corrected chi connectivity index (χ1v) is 7.30. The van der Waals surface area contributed by atoms with Crippen LogP contribution in [0.25, 0.3) is 0 Å². The lowest BCUT2D eigenvalue weighted by Crippen LogP contribution is -2.36. The number of carbonyl (C=O) groups is 1. The van der Waals surface area contributed by atoms with Gasteiger partial charge in [-0.15, -0.1) is 0 Å². The van der Waals surface area contributed by atoms with Crippen LogP contribution in [-0.2, 0) is 4.79 Å². The molecule has 0 spiro atoms. The average molecular weight is 238 g/mol. The summed E-state index contributed by atoms with van der Waals surface area (Å²) in [5, 5.41) is 6.56. The molecular formula is C14H26N2O. The van der Waals surface area contributed by atoms with Crippen molar-refractivity contribution in [3.63, 3.8) is 0 Å². The summed E-state index contributed by atoms with van der Waals surface area (Å²) >= 11 is 0. The average Bonchev–Trinajstić information content (AvgIpc) is 3.14. The first-order valence-electron chi connectivity index (χ1n) is 7.30. The van der Waals surface area contributed by atoms with Crippen LogP contribution in [0.2, 0.25) is 0 Å². The van der Waals surface area contributed by atoms with E-state index in [4.69, 9.17) is 0 Å². The molecule has 2 aliphatic rings. The zero-order valence-corrected chi connectivity index (χ0v) is 11.0. The predicted octanol–water partition coefficient (Wildman–Crippen LogP) is 2.21. The second kappa shape index (κ2) is 6.39. The van der Waals surface area contributed by atoms with Gasteiger partial charge in [0.2, 0.25) is 5.91 Å². The van der Waals surface area contributed by atoms with Crippen molar-refractivity contribution in [2.24, 2.45) is 5.92 Å². The van der Waals surface area contributed by atoms with E-state index in [1.165, 1.54) is 44.9 Å². The molecule has 2 N–H and O–H groups in total. The number of hydrogen-bond acceptors (Lipinski definition) is 2. The minimum absolute atomic E-state index is 0.224. The Balaban J connectivity index is 1.51. The molecule has 0 aromatic heterocycles.